The number of aromatic nitrogens is 2. The third kappa shape index (κ3) is 4.18. The molecule has 3 rings (SSSR count). The molecular formula is C21H23N3O2. The molecular weight excluding hydrogens is 326 g/mol. The largest absolute Gasteiger partial charge is 0.388 e. The lowest BCUT2D eigenvalue weighted by Crippen LogP contribution is -2.26. The van der Waals surface area contributed by atoms with Gasteiger partial charge in [-0.05, 0) is 44.0 Å². The molecule has 1 atom stereocenters. The van der Waals surface area contributed by atoms with E-state index in [1.807, 2.05) is 68.4 Å². The summed E-state index contributed by atoms with van der Waals surface area (Å²) in [5, 5.41) is 17.4. The molecule has 1 unspecified atom stereocenters. The Morgan fingerprint density at radius 1 is 1.12 bits per heavy atom. The predicted molar refractivity (Wildman–Crippen MR) is 101 cm³/mol. The SMILES string of the molecule is Cc1ccc(-n2nc(C(=O)NCCC(O)c3ccccc3)cc2C)cc1. The van der Waals surface area contributed by atoms with Crippen molar-refractivity contribution in [2.75, 3.05) is 6.54 Å². The molecule has 0 saturated heterocycles. The maximum Gasteiger partial charge on any atom is 0.271 e. The van der Waals surface area contributed by atoms with Crippen molar-refractivity contribution in [3.63, 3.8) is 0 Å². The van der Waals surface area contributed by atoms with Crippen LogP contribution in [0.4, 0.5) is 0 Å². The van der Waals surface area contributed by atoms with Crippen LogP contribution in [0.2, 0.25) is 0 Å². The molecule has 0 saturated carbocycles. The summed E-state index contributed by atoms with van der Waals surface area (Å²) in [5.41, 5.74) is 4.21. The zero-order valence-electron chi connectivity index (χ0n) is 15.0. The highest BCUT2D eigenvalue weighted by Crippen LogP contribution is 2.16. The van der Waals surface area contributed by atoms with E-state index >= 15 is 0 Å². The molecule has 0 fully saturated rings. The lowest BCUT2D eigenvalue weighted by Gasteiger charge is -2.11. The van der Waals surface area contributed by atoms with Crippen LogP contribution in [0.1, 0.15) is 39.8 Å². The number of nitrogens with zero attached hydrogens (tertiary/aromatic N) is 2. The molecule has 3 aromatic rings. The van der Waals surface area contributed by atoms with E-state index in [4.69, 9.17) is 0 Å². The van der Waals surface area contributed by atoms with Gasteiger partial charge in [0.1, 0.15) is 0 Å². The van der Waals surface area contributed by atoms with Gasteiger partial charge in [0.2, 0.25) is 0 Å². The topological polar surface area (TPSA) is 67.2 Å². The first-order valence-corrected chi connectivity index (χ1v) is 8.69. The van der Waals surface area contributed by atoms with E-state index in [1.54, 1.807) is 10.7 Å². The summed E-state index contributed by atoms with van der Waals surface area (Å²) in [5.74, 6) is -0.237. The van der Waals surface area contributed by atoms with E-state index in [1.165, 1.54) is 5.56 Å². The molecule has 0 spiro atoms. The minimum atomic E-state index is -0.594. The Balaban J connectivity index is 1.60. The fourth-order valence-electron chi connectivity index (χ4n) is 2.79. The number of carbonyl (C=O) groups is 1. The van der Waals surface area contributed by atoms with Crippen LogP contribution in [0.3, 0.4) is 0 Å². The lowest BCUT2D eigenvalue weighted by molar-refractivity contribution is 0.0937. The molecule has 0 aliphatic rings. The Labute approximate surface area is 153 Å². The van der Waals surface area contributed by atoms with Crippen LogP contribution in [0, 0.1) is 13.8 Å². The summed E-state index contributed by atoms with van der Waals surface area (Å²) < 4.78 is 1.76. The van der Waals surface area contributed by atoms with Crippen LogP contribution >= 0.6 is 0 Å². The Morgan fingerprint density at radius 2 is 1.81 bits per heavy atom. The number of nitrogens with one attached hydrogen (secondary N) is 1. The van der Waals surface area contributed by atoms with Crippen molar-refractivity contribution in [1.29, 1.82) is 0 Å². The fourth-order valence-corrected chi connectivity index (χ4v) is 2.79. The molecule has 1 heterocycles. The van der Waals surface area contributed by atoms with E-state index in [0.29, 0.717) is 18.7 Å². The summed E-state index contributed by atoms with van der Waals surface area (Å²) >= 11 is 0. The maximum absolute atomic E-state index is 12.3. The summed E-state index contributed by atoms with van der Waals surface area (Å²) in [7, 11) is 0. The van der Waals surface area contributed by atoms with Gasteiger partial charge in [0.25, 0.3) is 5.91 Å². The minimum absolute atomic E-state index is 0.237. The predicted octanol–water partition coefficient (Wildman–Crippen LogP) is 3.34. The van der Waals surface area contributed by atoms with Crippen LogP contribution in [0.5, 0.6) is 0 Å². The number of aryl methyl sites for hydroxylation is 2. The average Bonchev–Trinajstić information content (AvgIpc) is 3.05. The standard InChI is InChI=1S/C21H23N3O2/c1-15-8-10-18(11-9-15)24-16(2)14-19(23-24)21(26)22-13-12-20(25)17-6-4-3-5-7-17/h3-11,14,20,25H,12-13H2,1-2H3,(H,22,26). The van der Waals surface area contributed by atoms with Crippen LogP contribution in [0.15, 0.2) is 60.7 Å². The first kappa shape index (κ1) is 17.9. The molecule has 5 heteroatoms. The average molecular weight is 349 g/mol. The molecule has 0 radical (unpaired) electrons. The maximum atomic E-state index is 12.3. The van der Waals surface area contributed by atoms with Gasteiger partial charge >= 0.3 is 0 Å². The first-order chi connectivity index (χ1) is 12.5. The minimum Gasteiger partial charge on any atom is -0.388 e. The van der Waals surface area contributed by atoms with Crippen molar-refractivity contribution < 1.29 is 9.90 Å². The Hall–Kier alpha value is -2.92. The third-order valence-corrected chi connectivity index (χ3v) is 4.29. The Morgan fingerprint density at radius 3 is 2.50 bits per heavy atom. The highest BCUT2D eigenvalue weighted by molar-refractivity contribution is 5.92. The third-order valence-electron chi connectivity index (χ3n) is 4.29. The van der Waals surface area contributed by atoms with Crippen molar-refractivity contribution in [2.24, 2.45) is 0 Å². The van der Waals surface area contributed by atoms with E-state index in [-0.39, 0.29) is 5.91 Å². The van der Waals surface area contributed by atoms with Crippen molar-refractivity contribution in [3.05, 3.63) is 83.2 Å². The van der Waals surface area contributed by atoms with E-state index < -0.39 is 6.10 Å². The number of aliphatic hydroxyl groups is 1. The van der Waals surface area contributed by atoms with Crippen LogP contribution in [-0.2, 0) is 0 Å². The molecule has 134 valence electrons. The number of amides is 1. The van der Waals surface area contributed by atoms with E-state index in [9.17, 15) is 9.90 Å². The van der Waals surface area contributed by atoms with Gasteiger partial charge in [0.05, 0.1) is 11.8 Å². The van der Waals surface area contributed by atoms with E-state index in [0.717, 1.165) is 16.9 Å². The highest BCUT2D eigenvalue weighted by atomic mass is 16.3. The second kappa shape index (κ2) is 7.97. The summed E-state index contributed by atoms with van der Waals surface area (Å²) in [4.78, 5) is 12.3. The van der Waals surface area contributed by atoms with E-state index in [2.05, 4.69) is 10.4 Å². The number of hydrogen-bond donors (Lipinski definition) is 2. The number of carbonyl (C=O) groups excluding carboxylic acids is 1. The monoisotopic (exact) mass is 349 g/mol. The van der Waals surface area contributed by atoms with Gasteiger partial charge < -0.3 is 10.4 Å². The van der Waals surface area contributed by atoms with Gasteiger partial charge in [-0.25, -0.2) is 4.68 Å². The number of hydrogen-bond acceptors (Lipinski definition) is 3. The number of aliphatic hydroxyl groups excluding tert-OH is 1. The number of rotatable bonds is 6. The van der Waals surface area contributed by atoms with Crippen molar-refractivity contribution in [1.82, 2.24) is 15.1 Å². The van der Waals surface area contributed by atoms with Crippen LogP contribution in [0.25, 0.3) is 5.69 Å². The van der Waals surface area contributed by atoms with Crippen LogP contribution in [-0.4, -0.2) is 27.3 Å². The molecule has 26 heavy (non-hydrogen) atoms. The molecule has 5 nitrogen and oxygen atoms in total. The summed E-state index contributed by atoms with van der Waals surface area (Å²) in [6.45, 7) is 4.33. The van der Waals surface area contributed by atoms with Gasteiger partial charge in [0, 0.05) is 12.2 Å². The van der Waals surface area contributed by atoms with Gasteiger partial charge in [0.15, 0.2) is 5.69 Å². The smallest absolute Gasteiger partial charge is 0.271 e. The zero-order valence-corrected chi connectivity index (χ0v) is 15.0. The molecule has 0 aliphatic carbocycles. The molecule has 1 aromatic heterocycles. The molecule has 0 bridgehead atoms. The van der Waals surface area contributed by atoms with Crippen molar-refractivity contribution in [2.45, 2.75) is 26.4 Å². The quantitative estimate of drug-likeness (QED) is 0.717. The molecule has 0 aliphatic heterocycles. The van der Waals surface area contributed by atoms with Gasteiger partial charge in [-0.2, -0.15) is 5.10 Å². The van der Waals surface area contributed by atoms with Crippen molar-refractivity contribution >= 4 is 5.91 Å². The molecule has 2 N–H and O–H groups in total. The first-order valence-electron chi connectivity index (χ1n) is 8.69. The summed E-state index contributed by atoms with van der Waals surface area (Å²) in [6.07, 6.45) is -0.142. The van der Waals surface area contributed by atoms with Crippen LogP contribution < -0.4 is 5.32 Å². The second-order valence-electron chi connectivity index (χ2n) is 6.39. The molecule has 2 aromatic carbocycles. The Kier molecular flexibility index (Phi) is 5.49. The zero-order chi connectivity index (χ0) is 18.5. The van der Waals surface area contributed by atoms with Gasteiger partial charge in [-0.15, -0.1) is 0 Å². The lowest BCUT2D eigenvalue weighted by atomic mass is 10.1. The summed E-state index contributed by atoms with van der Waals surface area (Å²) in [6, 6.07) is 19.2. The fraction of sp³-hybridized carbons (Fsp3) is 0.238. The Bertz CT molecular complexity index is 870. The van der Waals surface area contributed by atoms with Gasteiger partial charge in [-0.1, -0.05) is 48.0 Å². The number of benzene rings is 2. The molecule has 1 amide bonds. The normalized spacial score (nSPS) is 12.0. The van der Waals surface area contributed by atoms with Gasteiger partial charge in [-0.3, -0.25) is 4.79 Å². The highest BCUT2D eigenvalue weighted by Gasteiger charge is 2.14. The van der Waals surface area contributed by atoms with Crippen molar-refractivity contribution in [3.8, 4) is 5.69 Å². The second-order valence-corrected chi connectivity index (χ2v) is 6.39.